The summed E-state index contributed by atoms with van der Waals surface area (Å²) in [5.41, 5.74) is 2.59. The first-order chi connectivity index (χ1) is 17.0. The molecule has 0 fully saturated rings. The van der Waals surface area contributed by atoms with Crippen molar-refractivity contribution >= 4 is 21.6 Å². The smallest absolute Gasteiger partial charge is 0.264 e. The van der Waals surface area contributed by atoms with Gasteiger partial charge in [-0.25, -0.2) is 8.42 Å². The lowest BCUT2D eigenvalue weighted by molar-refractivity contribution is 0.0952. The van der Waals surface area contributed by atoms with Crippen LogP contribution in [0.1, 0.15) is 34.3 Å². The number of nitrogens with one attached hydrogen (secondary N) is 1. The number of amides is 1. The molecule has 0 aromatic heterocycles. The van der Waals surface area contributed by atoms with Gasteiger partial charge in [-0.2, -0.15) is 0 Å². The number of rotatable bonds is 9. The molecule has 35 heavy (non-hydrogen) atoms. The van der Waals surface area contributed by atoms with Crippen LogP contribution >= 0.6 is 0 Å². The summed E-state index contributed by atoms with van der Waals surface area (Å²) >= 11 is 0. The van der Waals surface area contributed by atoms with Crippen LogP contribution in [0.2, 0.25) is 0 Å². The van der Waals surface area contributed by atoms with Gasteiger partial charge in [0.25, 0.3) is 15.9 Å². The lowest BCUT2D eigenvalue weighted by Gasteiger charge is -2.27. The molecule has 0 heterocycles. The van der Waals surface area contributed by atoms with Crippen LogP contribution in [0.15, 0.2) is 120 Å². The van der Waals surface area contributed by atoms with Crippen molar-refractivity contribution in [2.24, 2.45) is 0 Å². The van der Waals surface area contributed by atoms with Gasteiger partial charge in [0.05, 0.1) is 22.7 Å². The van der Waals surface area contributed by atoms with E-state index in [2.05, 4.69) is 5.32 Å². The molecule has 1 unspecified atom stereocenters. The molecule has 0 saturated carbocycles. The van der Waals surface area contributed by atoms with Crippen molar-refractivity contribution in [3.05, 3.63) is 132 Å². The van der Waals surface area contributed by atoms with Gasteiger partial charge in [0.15, 0.2) is 0 Å². The lowest BCUT2D eigenvalue weighted by atomic mass is 10.0. The Morgan fingerprint density at radius 2 is 1.31 bits per heavy atom. The first-order valence-electron chi connectivity index (χ1n) is 11.5. The summed E-state index contributed by atoms with van der Waals surface area (Å²) in [4.78, 5) is 13.5. The van der Waals surface area contributed by atoms with E-state index in [1.54, 1.807) is 54.6 Å². The third-order valence-corrected chi connectivity index (χ3v) is 7.63. The van der Waals surface area contributed by atoms with Gasteiger partial charge in [-0.15, -0.1) is 0 Å². The maximum atomic E-state index is 13.8. The highest BCUT2D eigenvalue weighted by atomic mass is 32.2. The van der Waals surface area contributed by atoms with E-state index in [1.807, 2.05) is 67.6 Å². The Morgan fingerprint density at radius 1 is 0.771 bits per heavy atom. The topological polar surface area (TPSA) is 66.5 Å². The zero-order valence-corrected chi connectivity index (χ0v) is 20.4. The van der Waals surface area contributed by atoms with Crippen LogP contribution in [0.3, 0.4) is 0 Å². The molecule has 0 aliphatic carbocycles. The summed E-state index contributed by atoms with van der Waals surface area (Å²) < 4.78 is 28.8. The van der Waals surface area contributed by atoms with Crippen molar-refractivity contribution in [3.8, 4) is 0 Å². The molecule has 178 valence electrons. The molecule has 4 rings (SSSR count). The molecule has 1 N–H and O–H groups in total. The van der Waals surface area contributed by atoms with Crippen LogP contribution in [0, 0.1) is 0 Å². The third-order valence-electron chi connectivity index (χ3n) is 5.85. The van der Waals surface area contributed by atoms with Gasteiger partial charge in [-0.1, -0.05) is 97.9 Å². The predicted molar refractivity (Wildman–Crippen MR) is 140 cm³/mol. The molecule has 4 aromatic rings. The van der Waals surface area contributed by atoms with Crippen molar-refractivity contribution < 1.29 is 13.2 Å². The molecule has 1 atom stereocenters. The van der Waals surface area contributed by atoms with Gasteiger partial charge < -0.3 is 5.32 Å². The highest BCUT2D eigenvalue weighted by Crippen LogP contribution is 2.29. The summed E-state index contributed by atoms with van der Waals surface area (Å²) in [6.07, 6.45) is 0. The van der Waals surface area contributed by atoms with Crippen LogP contribution in [0.4, 0.5) is 5.69 Å². The van der Waals surface area contributed by atoms with Gasteiger partial charge in [0, 0.05) is 6.54 Å². The predicted octanol–water partition coefficient (Wildman–Crippen LogP) is 5.62. The quantitative estimate of drug-likeness (QED) is 0.336. The van der Waals surface area contributed by atoms with Gasteiger partial charge in [-0.3, -0.25) is 9.10 Å². The fraction of sp³-hybridized carbons (Fsp3) is 0.138. The third kappa shape index (κ3) is 5.78. The van der Waals surface area contributed by atoms with Crippen LogP contribution in [-0.2, 0) is 16.6 Å². The van der Waals surface area contributed by atoms with E-state index in [-0.39, 0.29) is 23.3 Å². The lowest BCUT2D eigenvalue weighted by Crippen LogP contribution is -2.34. The first kappa shape index (κ1) is 24.2. The Labute approximate surface area is 207 Å². The highest BCUT2D eigenvalue weighted by molar-refractivity contribution is 7.92. The number of benzene rings is 4. The maximum Gasteiger partial charge on any atom is 0.264 e. The van der Waals surface area contributed by atoms with E-state index in [0.717, 1.165) is 11.1 Å². The van der Waals surface area contributed by atoms with E-state index in [1.165, 1.54) is 4.31 Å². The second kappa shape index (κ2) is 11.0. The van der Waals surface area contributed by atoms with E-state index in [9.17, 15) is 13.2 Å². The zero-order valence-electron chi connectivity index (χ0n) is 19.5. The van der Waals surface area contributed by atoms with Crippen molar-refractivity contribution in [1.29, 1.82) is 0 Å². The van der Waals surface area contributed by atoms with E-state index in [0.29, 0.717) is 17.8 Å². The minimum atomic E-state index is -3.93. The summed E-state index contributed by atoms with van der Waals surface area (Å²) in [5.74, 6) is -0.203. The first-order valence-corrected chi connectivity index (χ1v) is 12.9. The number of hydrogen-bond acceptors (Lipinski definition) is 3. The van der Waals surface area contributed by atoms with Crippen molar-refractivity contribution in [3.63, 3.8) is 0 Å². The average molecular weight is 485 g/mol. The second-order valence-electron chi connectivity index (χ2n) is 8.35. The summed E-state index contributed by atoms with van der Waals surface area (Å²) in [6.45, 7) is 2.58. The summed E-state index contributed by atoms with van der Waals surface area (Å²) in [7, 11) is -3.93. The van der Waals surface area contributed by atoms with E-state index < -0.39 is 10.0 Å². The monoisotopic (exact) mass is 484 g/mol. The number of sulfonamides is 1. The molecular formula is C29H28N2O3S. The largest absolute Gasteiger partial charge is 0.351 e. The molecule has 4 aromatic carbocycles. The number of hydrogen-bond donors (Lipinski definition) is 1. The van der Waals surface area contributed by atoms with Gasteiger partial charge >= 0.3 is 0 Å². The van der Waals surface area contributed by atoms with Crippen LogP contribution in [0.25, 0.3) is 0 Å². The van der Waals surface area contributed by atoms with Crippen LogP contribution < -0.4 is 9.62 Å². The molecule has 0 radical (unpaired) electrons. The zero-order chi connectivity index (χ0) is 24.7. The molecule has 1 amide bonds. The molecule has 0 aliphatic rings. The van der Waals surface area contributed by atoms with Crippen molar-refractivity contribution in [2.75, 3.05) is 10.8 Å². The Kier molecular flexibility index (Phi) is 7.63. The SMILES string of the molecule is CC(CNC(=O)c1ccccc1N(Cc1ccccc1)S(=O)(=O)c1ccccc1)c1ccccc1. The number of para-hydroxylation sites is 1. The van der Waals surface area contributed by atoms with Crippen molar-refractivity contribution in [1.82, 2.24) is 5.32 Å². The Hall–Kier alpha value is -3.90. The van der Waals surface area contributed by atoms with Crippen LogP contribution in [-0.4, -0.2) is 20.9 Å². The molecule has 0 bridgehead atoms. The Morgan fingerprint density at radius 3 is 1.97 bits per heavy atom. The van der Waals surface area contributed by atoms with Gasteiger partial charge in [0.2, 0.25) is 0 Å². The molecule has 5 nitrogen and oxygen atoms in total. The van der Waals surface area contributed by atoms with E-state index in [4.69, 9.17) is 0 Å². The molecule has 0 spiro atoms. The molecule has 6 heteroatoms. The highest BCUT2D eigenvalue weighted by Gasteiger charge is 2.28. The van der Waals surface area contributed by atoms with Gasteiger partial charge in [0.1, 0.15) is 0 Å². The van der Waals surface area contributed by atoms with Gasteiger partial charge in [-0.05, 0) is 41.3 Å². The summed E-state index contributed by atoms with van der Waals surface area (Å²) in [5, 5.41) is 2.99. The number of nitrogens with zero attached hydrogens (tertiary/aromatic N) is 1. The summed E-state index contributed by atoms with van der Waals surface area (Å²) in [6, 6.07) is 34.4. The normalized spacial score (nSPS) is 12.0. The van der Waals surface area contributed by atoms with Crippen molar-refractivity contribution in [2.45, 2.75) is 24.3 Å². The minimum absolute atomic E-state index is 0.1000. The average Bonchev–Trinajstić information content (AvgIpc) is 2.91. The van der Waals surface area contributed by atoms with E-state index >= 15 is 0 Å². The molecule has 0 saturated heterocycles. The maximum absolute atomic E-state index is 13.8. The Balaban J connectivity index is 1.67. The standard InChI is InChI=1S/C29H28N2O3S/c1-23(25-15-7-3-8-16-25)21-30-29(32)27-19-11-12-20-28(27)31(22-24-13-5-2-6-14-24)35(33,34)26-17-9-4-10-18-26/h2-20,23H,21-22H2,1H3,(H,30,32). The number of carbonyl (C=O) groups excluding carboxylic acids is 1. The number of carbonyl (C=O) groups is 1. The molecular weight excluding hydrogens is 456 g/mol. The fourth-order valence-corrected chi connectivity index (χ4v) is 5.38. The minimum Gasteiger partial charge on any atom is -0.351 e. The van der Waals surface area contributed by atoms with Crippen LogP contribution in [0.5, 0.6) is 0 Å². The number of anilines is 1. The molecule has 0 aliphatic heterocycles. The second-order valence-corrected chi connectivity index (χ2v) is 10.2. The fourth-order valence-electron chi connectivity index (χ4n) is 3.89. The Bertz CT molecular complexity index is 1360.